The maximum absolute atomic E-state index is 13.2. The summed E-state index contributed by atoms with van der Waals surface area (Å²) in [5, 5.41) is 3.29. The Labute approximate surface area is 124 Å². The predicted octanol–water partition coefficient (Wildman–Crippen LogP) is 1.62. The molecule has 0 radical (unpaired) electrons. The summed E-state index contributed by atoms with van der Waals surface area (Å²) < 4.78 is 39.6. The van der Waals surface area contributed by atoms with E-state index in [0.29, 0.717) is 13.1 Å². The van der Waals surface area contributed by atoms with Gasteiger partial charge in [0, 0.05) is 19.6 Å². The molecule has 20 heavy (non-hydrogen) atoms. The topological polar surface area (TPSA) is 49.4 Å². The molecule has 2 heterocycles. The summed E-state index contributed by atoms with van der Waals surface area (Å²) in [5.41, 5.74) is 0.0837. The molecule has 3 rings (SSSR count). The van der Waals surface area contributed by atoms with Crippen LogP contribution in [-0.4, -0.2) is 38.9 Å². The van der Waals surface area contributed by atoms with E-state index in [1.165, 1.54) is 22.5 Å². The molecule has 1 atom stereocenters. The summed E-state index contributed by atoms with van der Waals surface area (Å²) >= 11 is 0. The molecule has 2 fully saturated rings. The van der Waals surface area contributed by atoms with Gasteiger partial charge in [0.2, 0.25) is 10.0 Å². The minimum atomic E-state index is -3.56. The highest BCUT2D eigenvalue weighted by atomic mass is 35.5. The van der Waals surface area contributed by atoms with Crippen molar-refractivity contribution in [1.29, 1.82) is 0 Å². The maximum Gasteiger partial charge on any atom is 0.243 e. The lowest BCUT2D eigenvalue weighted by Crippen LogP contribution is -2.33. The number of sulfonamides is 1. The summed E-state index contributed by atoms with van der Waals surface area (Å²) in [4.78, 5) is 0.0514. The van der Waals surface area contributed by atoms with E-state index in [2.05, 4.69) is 5.32 Å². The first-order valence-corrected chi connectivity index (χ1v) is 7.92. The second-order valence-corrected chi connectivity index (χ2v) is 7.41. The molecule has 7 heteroatoms. The minimum Gasteiger partial charge on any atom is -0.316 e. The lowest BCUT2D eigenvalue weighted by atomic mass is 9.87. The SMILES string of the molecule is Cl.O=S(=O)(c1cccc(F)c1)N1CCC2(CCNC2)C1. The fourth-order valence-electron chi connectivity index (χ4n) is 3.02. The standard InChI is InChI=1S/C13H17FN2O2S.ClH/c14-11-2-1-3-12(8-11)19(17,18)16-7-5-13(10-16)4-6-15-9-13;/h1-3,8,15H,4-7,9-10H2;1H. The van der Waals surface area contributed by atoms with Crippen LogP contribution in [0.3, 0.4) is 0 Å². The number of hydrogen-bond donors (Lipinski definition) is 1. The molecule has 0 aromatic heterocycles. The highest BCUT2D eigenvalue weighted by molar-refractivity contribution is 7.89. The minimum absolute atomic E-state index is 0. The zero-order chi connectivity index (χ0) is 13.5. The smallest absolute Gasteiger partial charge is 0.243 e. The van der Waals surface area contributed by atoms with Crippen LogP contribution in [0.25, 0.3) is 0 Å². The third-order valence-electron chi connectivity index (χ3n) is 4.17. The molecule has 4 nitrogen and oxygen atoms in total. The van der Waals surface area contributed by atoms with Crippen LogP contribution in [0.2, 0.25) is 0 Å². The summed E-state index contributed by atoms with van der Waals surface area (Å²) in [6, 6.07) is 5.24. The number of halogens is 2. The van der Waals surface area contributed by atoms with E-state index in [9.17, 15) is 12.8 Å². The third kappa shape index (κ3) is 2.70. The molecule has 2 aliphatic rings. The molecule has 0 aliphatic carbocycles. The summed E-state index contributed by atoms with van der Waals surface area (Å²) in [7, 11) is -3.56. The van der Waals surface area contributed by atoms with E-state index in [-0.39, 0.29) is 22.7 Å². The first-order valence-electron chi connectivity index (χ1n) is 6.48. The molecule has 112 valence electrons. The van der Waals surface area contributed by atoms with E-state index in [4.69, 9.17) is 0 Å². The van der Waals surface area contributed by atoms with E-state index in [1.54, 1.807) is 0 Å². The molecular formula is C13H18ClFN2O2S. The number of nitrogens with one attached hydrogen (secondary N) is 1. The molecule has 1 N–H and O–H groups in total. The third-order valence-corrected chi connectivity index (χ3v) is 6.01. The average molecular weight is 321 g/mol. The Bertz CT molecular complexity index is 588. The number of nitrogens with zero attached hydrogens (tertiary/aromatic N) is 1. The van der Waals surface area contributed by atoms with Gasteiger partial charge in [0.25, 0.3) is 0 Å². The van der Waals surface area contributed by atoms with Crippen LogP contribution in [0.5, 0.6) is 0 Å². The van der Waals surface area contributed by atoms with Crippen LogP contribution in [0.4, 0.5) is 4.39 Å². The fourth-order valence-corrected chi connectivity index (χ4v) is 4.61. The van der Waals surface area contributed by atoms with Crippen molar-refractivity contribution in [2.24, 2.45) is 5.41 Å². The Morgan fingerprint density at radius 1 is 1.30 bits per heavy atom. The van der Waals surface area contributed by atoms with Crippen molar-refractivity contribution in [3.63, 3.8) is 0 Å². The van der Waals surface area contributed by atoms with E-state index < -0.39 is 15.8 Å². The lowest BCUT2D eigenvalue weighted by molar-refractivity contribution is 0.338. The average Bonchev–Trinajstić information content (AvgIpc) is 3.01. The number of rotatable bonds is 2. The Kier molecular flexibility index (Phi) is 4.39. The van der Waals surface area contributed by atoms with Gasteiger partial charge >= 0.3 is 0 Å². The van der Waals surface area contributed by atoms with Gasteiger partial charge in [0.1, 0.15) is 5.82 Å². The molecule has 0 bridgehead atoms. The fraction of sp³-hybridized carbons (Fsp3) is 0.538. The molecule has 2 saturated heterocycles. The molecular weight excluding hydrogens is 303 g/mol. The first-order chi connectivity index (χ1) is 9.02. The quantitative estimate of drug-likeness (QED) is 0.901. The van der Waals surface area contributed by atoms with Gasteiger partial charge in [0.05, 0.1) is 4.90 Å². The van der Waals surface area contributed by atoms with E-state index in [0.717, 1.165) is 32.0 Å². The van der Waals surface area contributed by atoms with Gasteiger partial charge in [-0.2, -0.15) is 4.31 Å². The van der Waals surface area contributed by atoms with Gasteiger partial charge in [0.15, 0.2) is 0 Å². The van der Waals surface area contributed by atoms with Gasteiger partial charge in [-0.15, -0.1) is 12.4 Å². The van der Waals surface area contributed by atoms with Gasteiger partial charge in [-0.3, -0.25) is 0 Å². The van der Waals surface area contributed by atoms with Crippen molar-refractivity contribution in [3.8, 4) is 0 Å². The molecule has 0 amide bonds. The van der Waals surface area contributed by atoms with Gasteiger partial charge in [-0.25, -0.2) is 12.8 Å². The van der Waals surface area contributed by atoms with Crippen LogP contribution >= 0.6 is 12.4 Å². The first kappa shape index (κ1) is 15.7. The summed E-state index contributed by atoms with van der Waals surface area (Å²) in [5.74, 6) is -0.516. The van der Waals surface area contributed by atoms with E-state index >= 15 is 0 Å². The van der Waals surface area contributed by atoms with Crippen molar-refractivity contribution >= 4 is 22.4 Å². The van der Waals surface area contributed by atoms with Crippen LogP contribution in [0.15, 0.2) is 29.2 Å². The molecule has 1 aromatic carbocycles. The highest BCUT2D eigenvalue weighted by Gasteiger charge is 2.44. The Morgan fingerprint density at radius 3 is 2.75 bits per heavy atom. The molecule has 1 unspecified atom stereocenters. The van der Waals surface area contributed by atoms with Crippen LogP contribution in [-0.2, 0) is 10.0 Å². The Balaban J connectivity index is 0.00000147. The van der Waals surface area contributed by atoms with Gasteiger partial charge < -0.3 is 5.32 Å². The largest absolute Gasteiger partial charge is 0.316 e. The van der Waals surface area contributed by atoms with Crippen molar-refractivity contribution < 1.29 is 12.8 Å². The summed E-state index contributed by atoms with van der Waals surface area (Å²) in [6.07, 6.45) is 1.90. The highest BCUT2D eigenvalue weighted by Crippen LogP contribution is 2.38. The summed E-state index contributed by atoms with van der Waals surface area (Å²) in [6.45, 7) is 2.90. The molecule has 2 aliphatic heterocycles. The monoisotopic (exact) mass is 320 g/mol. The predicted molar refractivity (Wildman–Crippen MR) is 76.9 cm³/mol. The zero-order valence-corrected chi connectivity index (χ0v) is 12.6. The molecule has 1 spiro atoms. The van der Waals surface area contributed by atoms with Crippen LogP contribution < -0.4 is 5.32 Å². The lowest BCUT2D eigenvalue weighted by Gasteiger charge is -2.22. The van der Waals surface area contributed by atoms with Crippen molar-refractivity contribution in [1.82, 2.24) is 9.62 Å². The van der Waals surface area contributed by atoms with Gasteiger partial charge in [-0.1, -0.05) is 6.07 Å². The van der Waals surface area contributed by atoms with E-state index in [1.807, 2.05) is 0 Å². The normalized spacial score (nSPS) is 26.9. The second kappa shape index (κ2) is 5.60. The van der Waals surface area contributed by atoms with Gasteiger partial charge in [-0.05, 0) is 43.0 Å². The van der Waals surface area contributed by atoms with Crippen molar-refractivity contribution in [2.45, 2.75) is 17.7 Å². The number of benzene rings is 1. The van der Waals surface area contributed by atoms with Crippen LogP contribution in [0, 0.1) is 11.2 Å². The van der Waals surface area contributed by atoms with Crippen molar-refractivity contribution in [2.75, 3.05) is 26.2 Å². The second-order valence-electron chi connectivity index (χ2n) is 5.47. The van der Waals surface area contributed by atoms with Crippen molar-refractivity contribution in [3.05, 3.63) is 30.1 Å². The number of hydrogen-bond acceptors (Lipinski definition) is 3. The molecule has 1 aromatic rings. The maximum atomic E-state index is 13.2. The van der Waals surface area contributed by atoms with Crippen LogP contribution in [0.1, 0.15) is 12.8 Å². The Hall–Kier alpha value is -0.690. The Morgan fingerprint density at radius 2 is 2.10 bits per heavy atom. The zero-order valence-electron chi connectivity index (χ0n) is 11.0. The molecule has 0 saturated carbocycles.